The molecule has 0 aromatic carbocycles. The van der Waals surface area contributed by atoms with Crippen LogP contribution in [-0.2, 0) is 13.0 Å². The van der Waals surface area contributed by atoms with Gasteiger partial charge in [0.15, 0.2) is 0 Å². The van der Waals surface area contributed by atoms with Gasteiger partial charge in [0.2, 0.25) is 5.71 Å². The summed E-state index contributed by atoms with van der Waals surface area (Å²) in [6.45, 7) is 7.76. The Bertz CT molecular complexity index is 1150. The SMILES string of the molecule is CCCOc1ccnc2c1CCN(C(=O)c1c(C)oc3ncnc(NC4(C)CC4)c13)C2. The predicted octanol–water partition coefficient (Wildman–Crippen LogP) is 3.88. The third-order valence-electron chi connectivity index (χ3n) is 6.12. The zero-order valence-corrected chi connectivity index (χ0v) is 18.2. The number of furan rings is 1. The summed E-state index contributed by atoms with van der Waals surface area (Å²) < 4.78 is 11.7. The number of nitrogens with zero attached hydrogens (tertiary/aromatic N) is 4. The number of hydrogen-bond donors (Lipinski definition) is 1. The van der Waals surface area contributed by atoms with Crippen molar-refractivity contribution in [3.63, 3.8) is 0 Å². The molecule has 1 aliphatic heterocycles. The van der Waals surface area contributed by atoms with Gasteiger partial charge in [-0.1, -0.05) is 6.92 Å². The van der Waals surface area contributed by atoms with E-state index in [0.29, 0.717) is 54.4 Å². The van der Waals surface area contributed by atoms with Crippen LogP contribution in [-0.4, -0.2) is 44.4 Å². The number of nitrogens with one attached hydrogen (secondary N) is 1. The largest absolute Gasteiger partial charge is 0.493 e. The Morgan fingerprint density at radius 2 is 2.16 bits per heavy atom. The number of ether oxygens (including phenoxy) is 1. The van der Waals surface area contributed by atoms with Crippen LogP contribution < -0.4 is 10.1 Å². The van der Waals surface area contributed by atoms with Gasteiger partial charge in [-0.3, -0.25) is 9.78 Å². The van der Waals surface area contributed by atoms with E-state index < -0.39 is 0 Å². The van der Waals surface area contributed by atoms with Gasteiger partial charge in [0.1, 0.15) is 23.7 Å². The number of aromatic nitrogens is 3. The summed E-state index contributed by atoms with van der Waals surface area (Å²) in [6.07, 6.45) is 7.05. The number of hydrogen-bond acceptors (Lipinski definition) is 7. The minimum Gasteiger partial charge on any atom is -0.493 e. The Balaban J connectivity index is 1.47. The van der Waals surface area contributed by atoms with Crippen LogP contribution in [0.25, 0.3) is 11.1 Å². The Morgan fingerprint density at radius 3 is 2.94 bits per heavy atom. The molecule has 8 heteroatoms. The van der Waals surface area contributed by atoms with E-state index in [0.717, 1.165) is 36.3 Å². The normalized spacial score (nSPS) is 16.8. The average molecular weight is 422 g/mol. The fraction of sp³-hybridized carbons (Fsp3) is 0.478. The molecule has 1 aliphatic carbocycles. The molecule has 0 radical (unpaired) electrons. The Kier molecular flexibility index (Phi) is 4.79. The van der Waals surface area contributed by atoms with Crippen molar-refractivity contribution >= 4 is 22.8 Å². The summed E-state index contributed by atoms with van der Waals surface area (Å²) in [4.78, 5) is 28.7. The van der Waals surface area contributed by atoms with Crippen molar-refractivity contribution < 1.29 is 13.9 Å². The smallest absolute Gasteiger partial charge is 0.258 e. The third kappa shape index (κ3) is 3.60. The molecule has 0 bridgehead atoms. The lowest BCUT2D eigenvalue weighted by Gasteiger charge is -2.29. The summed E-state index contributed by atoms with van der Waals surface area (Å²) in [5, 5.41) is 4.14. The number of amides is 1. The van der Waals surface area contributed by atoms with Gasteiger partial charge in [0.25, 0.3) is 5.91 Å². The second-order valence-electron chi connectivity index (χ2n) is 8.68. The Morgan fingerprint density at radius 1 is 1.32 bits per heavy atom. The number of rotatable bonds is 6. The van der Waals surface area contributed by atoms with E-state index in [4.69, 9.17) is 9.15 Å². The molecule has 3 aromatic heterocycles. The highest BCUT2D eigenvalue weighted by Crippen LogP contribution is 2.40. The highest BCUT2D eigenvalue weighted by atomic mass is 16.5. The maximum atomic E-state index is 13.6. The molecule has 1 saturated carbocycles. The molecule has 1 N–H and O–H groups in total. The molecule has 1 amide bonds. The van der Waals surface area contributed by atoms with Crippen molar-refractivity contribution in [2.24, 2.45) is 0 Å². The summed E-state index contributed by atoms with van der Waals surface area (Å²) >= 11 is 0. The van der Waals surface area contributed by atoms with Gasteiger partial charge in [-0.15, -0.1) is 0 Å². The molecular formula is C23H27N5O3. The first kappa shape index (κ1) is 19.8. The highest BCUT2D eigenvalue weighted by Gasteiger charge is 2.39. The molecule has 1 fully saturated rings. The zero-order chi connectivity index (χ0) is 21.6. The second kappa shape index (κ2) is 7.51. The molecule has 5 rings (SSSR count). The van der Waals surface area contributed by atoms with E-state index >= 15 is 0 Å². The summed E-state index contributed by atoms with van der Waals surface area (Å²) in [7, 11) is 0. The first-order chi connectivity index (χ1) is 15.0. The molecule has 0 saturated heterocycles. The fourth-order valence-corrected chi connectivity index (χ4v) is 4.10. The Hall–Kier alpha value is -3.16. The number of aryl methyl sites for hydroxylation is 1. The van der Waals surface area contributed by atoms with Crippen molar-refractivity contribution in [2.75, 3.05) is 18.5 Å². The average Bonchev–Trinajstić information content (AvgIpc) is 3.39. The number of carbonyl (C=O) groups excluding carboxylic acids is 1. The lowest BCUT2D eigenvalue weighted by Crippen LogP contribution is -2.37. The molecule has 0 spiro atoms. The lowest BCUT2D eigenvalue weighted by atomic mass is 10.0. The van der Waals surface area contributed by atoms with E-state index in [1.165, 1.54) is 6.33 Å². The molecule has 4 heterocycles. The maximum Gasteiger partial charge on any atom is 0.258 e. The molecule has 8 nitrogen and oxygen atoms in total. The molecule has 31 heavy (non-hydrogen) atoms. The van der Waals surface area contributed by atoms with Crippen LogP contribution in [0.5, 0.6) is 5.75 Å². The minimum atomic E-state index is -0.0811. The summed E-state index contributed by atoms with van der Waals surface area (Å²) in [5.41, 5.74) is 2.98. The molecule has 3 aromatic rings. The monoisotopic (exact) mass is 421 g/mol. The quantitative estimate of drug-likeness (QED) is 0.645. The van der Waals surface area contributed by atoms with Crippen LogP contribution >= 0.6 is 0 Å². The van der Waals surface area contributed by atoms with Gasteiger partial charge < -0.3 is 19.4 Å². The molecule has 2 aliphatic rings. The van der Waals surface area contributed by atoms with Crippen LogP contribution in [0, 0.1) is 6.92 Å². The van der Waals surface area contributed by atoms with Gasteiger partial charge in [-0.2, -0.15) is 0 Å². The Labute approximate surface area is 181 Å². The van der Waals surface area contributed by atoms with Crippen molar-refractivity contribution in [3.8, 4) is 5.75 Å². The number of fused-ring (bicyclic) bond motifs is 2. The van der Waals surface area contributed by atoms with Crippen molar-refractivity contribution in [1.82, 2.24) is 19.9 Å². The van der Waals surface area contributed by atoms with Gasteiger partial charge >= 0.3 is 0 Å². The van der Waals surface area contributed by atoms with Crippen LogP contribution in [0.4, 0.5) is 5.82 Å². The minimum absolute atomic E-state index is 0.0235. The topological polar surface area (TPSA) is 93.4 Å². The van der Waals surface area contributed by atoms with Gasteiger partial charge in [0.05, 0.1) is 29.8 Å². The van der Waals surface area contributed by atoms with E-state index in [1.807, 2.05) is 17.9 Å². The molecular weight excluding hydrogens is 394 g/mol. The van der Waals surface area contributed by atoms with Gasteiger partial charge in [-0.05, 0) is 45.6 Å². The lowest BCUT2D eigenvalue weighted by molar-refractivity contribution is 0.0730. The van der Waals surface area contributed by atoms with E-state index in [9.17, 15) is 4.79 Å². The maximum absolute atomic E-state index is 13.6. The zero-order valence-electron chi connectivity index (χ0n) is 18.2. The third-order valence-corrected chi connectivity index (χ3v) is 6.12. The number of carbonyl (C=O) groups is 1. The van der Waals surface area contributed by atoms with E-state index in [1.54, 1.807) is 6.20 Å². The van der Waals surface area contributed by atoms with Crippen molar-refractivity contribution in [3.05, 3.63) is 41.2 Å². The van der Waals surface area contributed by atoms with Crippen LogP contribution in [0.2, 0.25) is 0 Å². The van der Waals surface area contributed by atoms with Crippen LogP contribution in [0.15, 0.2) is 23.0 Å². The van der Waals surface area contributed by atoms with Crippen LogP contribution in [0.1, 0.15) is 60.5 Å². The molecule has 0 unspecified atom stereocenters. The van der Waals surface area contributed by atoms with Crippen molar-refractivity contribution in [2.45, 2.75) is 58.5 Å². The molecule has 162 valence electrons. The van der Waals surface area contributed by atoms with Gasteiger partial charge in [-0.25, -0.2) is 9.97 Å². The fourth-order valence-electron chi connectivity index (χ4n) is 4.10. The highest BCUT2D eigenvalue weighted by molar-refractivity contribution is 6.10. The second-order valence-corrected chi connectivity index (χ2v) is 8.68. The number of anilines is 1. The first-order valence-electron chi connectivity index (χ1n) is 10.9. The van der Waals surface area contributed by atoms with E-state index in [-0.39, 0.29) is 11.4 Å². The summed E-state index contributed by atoms with van der Waals surface area (Å²) in [6, 6.07) is 1.91. The number of pyridine rings is 1. The standard InChI is InChI=1S/C23H27N5O3/c1-4-11-30-17-5-9-24-16-12-28(10-6-15(16)17)22(29)18-14(2)31-21-19(18)20(25-13-26-21)27-23(3)7-8-23/h5,9,13H,4,6-8,10-12H2,1-3H3,(H,25,26,27). The van der Waals surface area contributed by atoms with Crippen LogP contribution in [0.3, 0.4) is 0 Å². The van der Waals surface area contributed by atoms with Crippen molar-refractivity contribution in [1.29, 1.82) is 0 Å². The first-order valence-corrected chi connectivity index (χ1v) is 10.9. The molecule has 0 atom stereocenters. The van der Waals surface area contributed by atoms with Gasteiger partial charge in [0, 0.05) is 23.8 Å². The van der Waals surface area contributed by atoms with E-state index in [2.05, 4.69) is 34.1 Å². The summed E-state index contributed by atoms with van der Waals surface area (Å²) in [5.74, 6) is 2.02. The predicted molar refractivity (Wildman–Crippen MR) is 116 cm³/mol.